The zero-order valence-corrected chi connectivity index (χ0v) is 13.3. The van der Waals surface area contributed by atoms with Gasteiger partial charge in [-0.15, -0.1) is 0 Å². The number of amides is 1. The second-order valence-electron chi connectivity index (χ2n) is 5.26. The zero-order chi connectivity index (χ0) is 17.0. The van der Waals surface area contributed by atoms with Crippen molar-refractivity contribution in [3.05, 3.63) is 63.2 Å². The highest BCUT2D eigenvalue weighted by atomic mass is 16.6. The fourth-order valence-corrected chi connectivity index (χ4v) is 2.21. The molecule has 6 heteroatoms. The van der Waals surface area contributed by atoms with E-state index in [0.717, 1.165) is 16.7 Å². The Morgan fingerprint density at radius 3 is 2.48 bits per heavy atom. The van der Waals surface area contributed by atoms with Gasteiger partial charge < -0.3 is 10.1 Å². The molecule has 0 unspecified atom stereocenters. The molecule has 0 fully saturated rings. The number of nitro groups is 1. The highest BCUT2D eigenvalue weighted by molar-refractivity contribution is 5.94. The van der Waals surface area contributed by atoms with Gasteiger partial charge in [0.25, 0.3) is 11.6 Å². The number of hydrogen-bond acceptors (Lipinski definition) is 4. The fraction of sp³-hybridized carbons (Fsp3) is 0.235. The van der Waals surface area contributed by atoms with Gasteiger partial charge in [-0.05, 0) is 43.5 Å². The van der Waals surface area contributed by atoms with Crippen LogP contribution in [0.4, 0.5) is 11.4 Å². The third kappa shape index (κ3) is 3.85. The van der Waals surface area contributed by atoms with Gasteiger partial charge in [-0.3, -0.25) is 14.9 Å². The van der Waals surface area contributed by atoms with Crippen LogP contribution in [-0.2, 0) is 4.79 Å². The zero-order valence-electron chi connectivity index (χ0n) is 13.3. The second kappa shape index (κ2) is 6.91. The molecule has 0 bridgehead atoms. The fourth-order valence-electron chi connectivity index (χ4n) is 2.21. The van der Waals surface area contributed by atoms with Gasteiger partial charge in [0.2, 0.25) is 0 Å². The third-order valence-electron chi connectivity index (χ3n) is 3.60. The number of carbonyl (C=O) groups is 1. The summed E-state index contributed by atoms with van der Waals surface area (Å²) in [5.74, 6) is 0.224. The first-order chi connectivity index (χ1) is 10.9. The smallest absolute Gasteiger partial charge is 0.292 e. The van der Waals surface area contributed by atoms with Crippen LogP contribution in [0.2, 0.25) is 0 Å². The predicted octanol–water partition coefficient (Wildman–Crippen LogP) is 3.54. The molecule has 1 N–H and O–H groups in total. The number of nitrogens with one attached hydrogen (secondary N) is 1. The summed E-state index contributed by atoms with van der Waals surface area (Å²) >= 11 is 0. The summed E-state index contributed by atoms with van der Waals surface area (Å²) in [5, 5.41) is 13.4. The van der Waals surface area contributed by atoms with E-state index in [1.165, 1.54) is 12.1 Å². The minimum absolute atomic E-state index is 0.149. The topological polar surface area (TPSA) is 81.5 Å². The molecule has 2 aromatic carbocycles. The molecule has 0 saturated heterocycles. The lowest BCUT2D eigenvalue weighted by molar-refractivity contribution is -0.383. The molecule has 23 heavy (non-hydrogen) atoms. The normalized spacial score (nSPS) is 10.2. The summed E-state index contributed by atoms with van der Waals surface area (Å²) in [6.45, 7) is 5.59. The van der Waals surface area contributed by atoms with Gasteiger partial charge in [0.15, 0.2) is 6.61 Å². The first kappa shape index (κ1) is 16.5. The molecule has 6 nitrogen and oxygen atoms in total. The highest BCUT2D eigenvalue weighted by Crippen LogP contribution is 2.26. The Kier molecular flexibility index (Phi) is 4.95. The van der Waals surface area contributed by atoms with Crippen LogP contribution in [0.25, 0.3) is 0 Å². The lowest BCUT2D eigenvalue weighted by Gasteiger charge is -2.14. The molecule has 120 valence electrons. The van der Waals surface area contributed by atoms with Crippen LogP contribution >= 0.6 is 0 Å². The first-order valence-electron chi connectivity index (χ1n) is 7.13. The van der Waals surface area contributed by atoms with Crippen LogP contribution in [0.15, 0.2) is 36.4 Å². The molecule has 0 aromatic heterocycles. The standard InChI is InChI=1S/C17H18N2O4/c1-11-8-9-12(2)17(13(11)3)23-10-16(20)18-14-6-4-5-7-15(14)19(21)22/h4-9H,10H2,1-3H3,(H,18,20). The van der Waals surface area contributed by atoms with Gasteiger partial charge in [-0.25, -0.2) is 0 Å². The number of nitrogens with zero attached hydrogens (tertiary/aromatic N) is 1. The SMILES string of the molecule is Cc1ccc(C)c(OCC(=O)Nc2ccccc2[N+](=O)[O-])c1C. The molecule has 0 aliphatic heterocycles. The summed E-state index contributed by atoms with van der Waals surface area (Å²) in [5.41, 5.74) is 2.99. The molecule has 0 aliphatic carbocycles. The Morgan fingerprint density at radius 1 is 1.13 bits per heavy atom. The van der Waals surface area contributed by atoms with Crippen LogP contribution < -0.4 is 10.1 Å². The number of hydrogen-bond donors (Lipinski definition) is 1. The number of rotatable bonds is 5. The van der Waals surface area contributed by atoms with Crippen molar-refractivity contribution in [1.29, 1.82) is 0 Å². The minimum Gasteiger partial charge on any atom is -0.483 e. The Bertz CT molecular complexity index is 756. The monoisotopic (exact) mass is 314 g/mol. The second-order valence-corrected chi connectivity index (χ2v) is 5.26. The van der Waals surface area contributed by atoms with E-state index in [4.69, 9.17) is 4.74 Å². The number of anilines is 1. The van der Waals surface area contributed by atoms with E-state index in [9.17, 15) is 14.9 Å². The van der Waals surface area contributed by atoms with E-state index in [2.05, 4.69) is 5.32 Å². The molecule has 1 amide bonds. The van der Waals surface area contributed by atoms with Crippen molar-refractivity contribution < 1.29 is 14.5 Å². The third-order valence-corrected chi connectivity index (χ3v) is 3.60. The maximum Gasteiger partial charge on any atom is 0.292 e. The summed E-state index contributed by atoms with van der Waals surface area (Å²) in [4.78, 5) is 22.4. The van der Waals surface area contributed by atoms with E-state index in [0.29, 0.717) is 5.75 Å². The molecular formula is C17H18N2O4. The Morgan fingerprint density at radius 2 is 1.78 bits per heavy atom. The van der Waals surface area contributed by atoms with Gasteiger partial charge >= 0.3 is 0 Å². The first-order valence-corrected chi connectivity index (χ1v) is 7.13. The summed E-state index contributed by atoms with van der Waals surface area (Å²) in [6, 6.07) is 9.91. The molecular weight excluding hydrogens is 296 g/mol. The average Bonchev–Trinajstić information content (AvgIpc) is 2.51. The van der Waals surface area contributed by atoms with Crippen molar-refractivity contribution in [3.63, 3.8) is 0 Å². The van der Waals surface area contributed by atoms with Crippen LogP contribution in [0.5, 0.6) is 5.75 Å². The minimum atomic E-state index is -0.536. The Labute approximate surface area is 134 Å². The number of benzene rings is 2. The molecule has 0 radical (unpaired) electrons. The number of aryl methyl sites for hydroxylation is 2. The molecule has 2 aromatic rings. The van der Waals surface area contributed by atoms with E-state index in [1.807, 2.05) is 32.9 Å². The van der Waals surface area contributed by atoms with Gasteiger partial charge in [0.05, 0.1) is 4.92 Å². The quantitative estimate of drug-likeness (QED) is 0.676. The molecule has 0 saturated carbocycles. The van der Waals surface area contributed by atoms with Gasteiger partial charge in [-0.1, -0.05) is 24.3 Å². The van der Waals surface area contributed by atoms with Gasteiger partial charge in [0.1, 0.15) is 11.4 Å². The summed E-state index contributed by atoms with van der Waals surface area (Å²) in [6.07, 6.45) is 0. The molecule has 2 rings (SSSR count). The lowest BCUT2D eigenvalue weighted by Crippen LogP contribution is -2.21. The van der Waals surface area contributed by atoms with E-state index in [-0.39, 0.29) is 18.0 Å². The van der Waals surface area contributed by atoms with Crippen molar-refractivity contribution in [3.8, 4) is 5.75 Å². The van der Waals surface area contributed by atoms with Crippen molar-refractivity contribution in [1.82, 2.24) is 0 Å². The van der Waals surface area contributed by atoms with Crippen molar-refractivity contribution in [2.75, 3.05) is 11.9 Å². The van der Waals surface area contributed by atoms with Crippen molar-refractivity contribution in [2.45, 2.75) is 20.8 Å². The van der Waals surface area contributed by atoms with Gasteiger partial charge in [0, 0.05) is 6.07 Å². The van der Waals surface area contributed by atoms with E-state index >= 15 is 0 Å². The lowest BCUT2D eigenvalue weighted by atomic mass is 10.1. The predicted molar refractivity (Wildman–Crippen MR) is 87.9 cm³/mol. The summed E-state index contributed by atoms with van der Waals surface area (Å²) < 4.78 is 5.60. The molecule has 0 heterocycles. The maximum absolute atomic E-state index is 12.0. The Hall–Kier alpha value is -2.89. The van der Waals surface area contributed by atoms with Crippen LogP contribution in [0.1, 0.15) is 16.7 Å². The van der Waals surface area contributed by atoms with E-state index in [1.54, 1.807) is 12.1 Å². The number of ether oxygens (including phenoxy) is 1. The number of carbonyl (C=O) groups excluding carboxylic acids is 1. The number of para-hydroxylation sites is 2. The van der Waals surface area contributed by atoms with Crippen LogP contribution in [-0.4, -0.2) is 17.4 Å². The van der Waals surface area contributed by atoms with Crippen molar-refractivity contribution in [2.24, 2.45) is 0 Å². The van der Waals surface area contributed by atoms with Crippen LogP contribution in [0, 0.1) is 30.9 Å². The number of nitro benzene ring substituents is 1. The summed E-state index contributed by atoms with van der Waals surface area (Å²) in [7, 11) is 0. The Balaban J connectivity index is 2.07. The molecule has 0 atom stereocenters. The maximum atomic E-state index is 12.0. The largest absolute Gasteiger partial charge is 0.483 e. The average molecular weight is 314 g/mol. The molecule has 0 aliphatic rings. The van der Waals surface area contributed by atoms with Crippen LogP contribution in [0.3, 0.4) is 0 Å². The highest BCUT2D eigenvalue weighted by Gasteiger charge is 2.15. The van der Waals surface area contributed by atoms with Crippen molar-refractivity contribution >= 4 is 17.3 Å². The molecule has 0 spiro atoms. The van der Waals surface area contributed by atoms with Gasteiger partial charge in [-0.2, -0.15) is 0 Å². The van der Waals surface area contributed by atoms with E-state index < -0.39 is 10.8 Å².